The van der Waals surface area contributed by atoms with Crippen LogP contribution in [0.3, 0.4) is 0 Å². The molecule has 0 spiro atoms. The standard InChI is InChI=1S/C19H18FN3OS/c1-13-3-5-15(6-4-13)11-21-22-19-23(18(24)14(2)25-19)12-16-7-9-17(20)10-8-16/h3-11,14H,12H2,1-2H3/b21-11-,22-19+/t14-/m0/s1. The summed E-state index contributed by atoms with van der Waals surface area (Å²) in [5.41, 5.74) is 2.97. The quantitative estimate of drug-likeness (QED) is 0.615. The summed E-state index contributed by atoms with van der Waals surface area (Å²) in [6.07, 6.45) is 1.66. The number of benzene rings is 2. The summed E-state index contributed by atoms with van der Waals surface area (Å²) in [5.74, 6) is -0.311. The largest absolute Gasteiger partial charge is 0.284 e. The summed E-state index contributed by atoms with van der Waals surface area (Å²) in [6, 6.07) is 14.1. The highest BCUT2D eigenvalue weighted by atomic mass is 32.2. The Labute approximate surface area is 150 Å². The third-order valence-corrected chi connectivity index (χ3v) is 4.88. The van der Waals surface area contributed by atoms with Crippen LogP contribution < -0.4 is 0 Å². The average molecular weight is 355 g/mol. The summed E-state index contributed by atoms with van der Waals surface area (Å²) >= 11 is 1.38. The molecule has 3 rings (SSSR count). The zero-order chi connectivity index (χ0) is 17.8. The highest BCUT2D eigenvalue weighted by Gasteiger charge is 2.35. The fourth-order valence-corrected chi connectivity index (χ4v) is 3.30. The van der Waals surface area contributed by atoms with Crippen molar-refractivity contribution in [1.29, 1.82) is 0 Å². The molecule has 0 aliphatic carbocycles. The van der Waals surface area contributed by atoms with Crippen molar-refractivity contribution in [3.8, 4) is 0 Å². The molecular weight excluding hydrogens is 337 g/mol. The molecule has 0 radical (unpaired) electrons. The molecule has 1 heterocycles. The molecule has 1 fully saturated rings. The van der Waals surface area contributed by atoms with Gasteiger partial charge in [0.1, 0.15) is 5.82 Å². The van der Waals surface area contributed by atoms with Crippen molar-refractivity contribution in [1.82, 2.24) is 4.90 Å². The Morgan fingerprint density at radius 3 is 2.52 bits per heavy atom. The number of amides is 1. The Morgan fingerprint density at radius 2 is 1.84 bits per heavy atom. The van der Waals surface area contributed by atoms with E-state index in [1.807, 2.05) is 38.1 Å². The summed E-state index contributed by atoms with van der Waals surface area (Å²) in [6.45, 7) is 4.23. The molecule has 1 atom stereocenters. The molecule has 1 aliphatic rings. The van der Waals surface area contributed by atoms with Crippen molar-refractivity contribution < 1.29 is 9.18 Å². The molecule has 1 saturated heterocycles. The number of amidine groups is 1. The first-order valence-electron chi connectivity index (χ1n) is 7.93. The first-order valence-corrected chi connectivity index (χ1v) is 8.81. The minimum atomic E-state index is -0.296. The van der Waals surface area contributed by atoms with Crippen molar-refractivity contribution in [3.63, 3.8) is 0 Å². The summed E-state index contributed by atoms with van der Waals surface area (Å²) < 4.78 is 13.0. The second kappa shape index (κ2) is 7.61. The van der Waals surface area contributed by atoms with Crippen LogP contribution in [0.4, 0.5) is 4.39 Å². The Kier molecular flexibility index (Phi) is 5.28. The van der Waals surface area contributed by atoms with E-state index in [9.17, 15) is 9.18 Å². The third-order valence-electron chi connectivity index (χ3n) is 3.81. The Hall–Kier alpha value is -2.47. The number of nitrogens with zero attached hydrogens (tertiary/aromatic N) is 3. The van der Waals surface area contributed by atoms with Gasteiger partial charge in [-0.1, -0.05) is 53.7 Å². The lowest BCUT2D eigenvalue weighted by molar-refractivity contribution is -0.126. The Morgan fingerprint density at radius 1 is 1.16 bits per heavy atom. The highest BCUT2D eigenvalue weighted by Crippen LogP contribution is 2.28. The van der Waals surface area contributed by atoms with Crippen LogP contribution in [0.2, 0.25) is 0 Å². The summed E-state index contributed by atoms with van der Waals surface area (Å²) in [5, 5.41) is 8.69. The number of aryl methyl sites for hydroxylation is 1. The molecule has 0 N–H and O–H groups in total. The number of carbonyl (C=O) groups excluding carboxylic acids is 1. The lowest BCUT2D eigenvalue weighted by atomic mass is 10.2. The Balaban J connectivity index is 1.76. The molecular formula is C19H18FN3OS. The summed E-state index contributed by atoms with van der Waals surface area (Å²) in [4.78, 5) is 13.9. The van der Waals surface area contributed by atoms with E-state index in [2.05, 4.69) is 10.2 Å². The number of rotatable bonds is 4. The van der Waals surface area contributed by atoms with Crippen LogP contribution in [0.15, 0.2) is 58.7 Å². The number of thioether (sulfide) groups is 1. The first-order chi connectivity index (χ1) is 12.0. The fourth-order valence-electron chi connectivity index (χ4n) is 2.38. The molecule has 6 heteroatoms. The highest BCUT2D eigenvalue weighted by molar-refractivity contribution is 8.15. The van der Waals surface area contributed by atoms with Crippen LogP contribution >= 0.6 is 11.8 Å². The van der Waals surface area contributed by atoms with Gasteiger partial charge >= 0.3 is 0 Å². The van der Waals surface area contributed by atoms with Gasteiger partial charge in [-0.25, -0.2) is 4.39 Å². The molecule has 0 bridgehead atoms. The van der Waals surface area contributed by atoms with E-state index >= 15 is 0 Å². The van der Waals surface area contributed by atoms with Crippen molar-refractivity contribution >= 4 is 29.1 Å². The van der Waals surface area contributed by atoms with Gasteiger partial charge in [-0.15, -0.1) is 5.10 Å². The smallest absolute Gasteiger partial charge is 0.242 e. The molecule has 0 aromatic heterocycles. The van der Waals surface area contributed by atoms with E-state index in [0.29, 0.717) is 11.7 Å². The Bertz CT molecular complexity index is 816. The van der Waals surface area contributed by atoms with Crippen LogP contribution in [0.1, 0.15) is 23.6 Å². The molecule has 128 valence electrons. The minimum absolute atomic E-state index is 0.0152. The van der Waals surface area contributed by atoms with E-state index in [4.69, 9.17) is 0 Å². The molecule has 2 aromatic carbocycles. The maximum Gasteiger partial charge on any atom is 0.242 e. The molecule has 1 amide bonds. The zero-order valence-corrected chi connectivity index (χ0v) is 14.8. The van der Waals surface area contributed by atoms with Crippen molar-refractivity contribution in [3.05, 3.63) is 71.0 Å². The van der Waals surface area contributed by atoms with Crippen LogP contribution in [-0.2, 0) is 11.3 Å². The molecule has 4 nitrogen and oxygen atoms in total. The topological polar surface area (TPSA) is 45.0 Å². The average Bonchev–Trinajstić information content (AvgIpc) is 2.86. The lowest BCUT2D eigenvalue weighted by Crippen LogP contribution is -2.30. The van der Waals surface area contributed by atoms with Gasteiger partial charge < -0.3 is 0 Å². The first kappa shape index (κ1) is 17.4. The number of halogens is 1. The van der Waals surface area contributed by atoms with E-state index in [1.54, 1.807) is 23.2 Å². The normalized spacial score (nSPS) is 19.3. The van der Waals surface area contributed by atoms with Crippen molar-refractivity contribution in [2.24, 2.45) is 10.2 Å². The number of carbonyl (C=O) groups is 1. The third kappa shape index (κ3) is 4.33. The van der Waals surface area contributed by atoms with Crippen LogP contribution in [0.25, 0.3) is 0 Å². The van der Waals surface area contributed by atoms with Gasteiger partial charge in [0.05, 0.1) is 18.0 Å². The molecule has 2 aromatic rings. The number of hydrogen-bond donors (Lipinski definition) is 0. The van der Waals surface area contributed by atoms with Gasteiger partial charge in [0.15, 0.2) is 5.17 Å². The van der Waals surface area contributed by atoms with E-state index in [1.165, 1.54) is 29.5 Å². The van der Waals surface area contributed by atoms with Crippen LogP contribution in [0, 0.1) is 12.7 Å². The minimum Gasteiger partial charge on any atom is -0.284 e. The van der Waals surface area contributed by atoms with Crippen molar-refractivity contribution in [2.75, 3.05) is 0 Å². The number of hydrogen-bond acceptors (Lipinski definition) is 4. The summed E-state index contributed by atoms with van der Waals surface area (Å²) in [7, 11) is 0. The van der Waals surface area contributed by atoms with Crippen molar-refractivity contribution in [2.45, 2.75) is 25.6 Å². The van der Waals surface area contributed by atoms with Gasteiger partial charge in [0.25, 0.3) is 0 Å². The van der Waals surface area contributed by atoms with Crippen LogP contribution in [-0.4, -0.2) is 27.4 Å². The SMILES string of the molecule is Cc1ccc(/C=N\N=C2\S[C@@H](C)C(=O)N2Cc2ccc(F)cc2)cc1. The van der Waals surface area contributed by atoms with E-state index < -0.39 is 0 Å². The predicted molar refractivity (Wildman–Crippen MR) is 100 cm³/mol. The van der Waals surface area contributed by atoms with Gasteiger partial charge in [-0.2, -0.15) is 5.10 Å². The second-order valence-electron chi connectivity index (χ2n) is 5.85. The van der Waals surface area contributed by atoms with Crippen LogP contribution in [0.5, 0.6) is 0 Å². The maximum absolute atomic E-state index is 13.0. The monoisotopic (exact) mass is 355 g/mol. The molecule has 1 aliphatic heterocycles. The van der Waals surface area contributed by atoms with Gasteiger partial charge in [-0.05, 0) is 37.1 Å². The molecule has 0 saturated carbocycles. The maximum atomic E-state index is 13.0. The predicted octanol–water partition coefficient (Wildman–Crippen LogP) is 3.99. The van der Waals surface area contributed by atoms with Gasteiger partial charge in [0, 0.05) is 0 Å². The lowest BCUT2D eigenvalue weighted by Gasteiger charge is -2.15. The molecule has 25 heavy (non-hydrogen) atoms. The fraction of sp³-hybridized carbons (Fsp3) is 0.211. The van der Waals surface area contributed by atoms with Gasteiger partial charge in [0.2, 0.25) is 5.91 Å². The van der Waals surface area contributed by atoms with E-state index in [-0.39, 0.29) is 17.0 Å². The van der Waals surface area contributed by atoms with E-state index in [0.717, 1.165) is 11.1 Å². The second-order valence-corrected chi connectivity index (χ2v) is 7.16. The molecule has 0 unspecified atom stereocenters. The zero-order valence-electron chi connectivity index (χ0n) is 14.0. The van der Waals surface area contributed by atoms with Gasteiger partial charge in [-0.3, -0.25) is 9.69 Å².